The minimum absolute atomic E-state index is 0.109. The molecule has 5 heteroatoms. The van der Waals surface area contributed by atoms with Crippen LogP contribution in [0.2, 0.25) is 0 Å². The standard InChI is InChI=1S/C18H27NO3S/c1-14(2)18(15-9-5-4-6-10-15)19(3)17(20)13-23(21,22)16-11-7-8-12-16/h4-6,9-10,14,16,18H,7-8,11-13H2,1-3H3/t18-/m0/s1. The van der Waals surface area contributed by atoms with E-state index in [1.165, 1.54) is 0 Å². The van der Waals surface area contributed by atoms with Crippen molar-refractivity contribution in [3.05, 3.63) is 35.9 Å². The Morgan fingerprint density at radius 3 is 2.26 bits per heavy atom. The molecule has 1 fully saturated rings. The first kappa shape index (κ1) is 18.0. The summed E-state index contributed by atoms with van der Waals surface area (Å²) in [4.78, 5) is 14.2. The van der Waals surface area contributed by atoms with Gasteiger partial charge in [-0.05, 0) is 24.3 Å². The first-order valence-corrected chi connectivity index (χ1v) is 10.1. The Morgan fingerprint density at radius 2 is 1.74 bits per heavy atom. The molecule has 0 aliphatic heterocycles. The highest BCUT2D eigenvalue weighted by atomic mass is 32.2. The minimum Gasteiger partial charge on any atom is -0.338 e. The Bertz CT molecular complexity index is 619. The quantitative estimate of drug-likeness (QED) is 0.801. The van der Waals surface area contributed by atoms with Crippen LogP contribution in [0.1, 0.15) is 51.1 Å². The molecule has 23 heavy (non-hydrogen) atoms. The molecule has 1 amide bonds. The van der Waals surface area contributed by atoms with Crippen LogP contribution in [-0.2, 0) is 14.6 Å². The molecular formula is C18H27NO3S. The van der Waals surface area contributed by atoms with Gasteiger partial charge < -0.3 is 4.90 Å². The molecule has 128 valence electrons. The molecule has 0 unspecified atom stereocenters. The number of nitrogens with zero attached hydrogens (tertiary/aromatic N) is 1. The summed E-state index contributed by atoms with van der Waals surface area (Å²) >= 11 is 0. The van der Waals surface area contributed by atoms with Crippen LogP contribution in [0.15, 0.2) is 30.3 Å². The monoisotopic (exact) mass is 337 g/mol. The highest BCUT2D eigenvalue weighted by Gasteiger charge is 2.33. The summed E-state index contributed by atoms with van der Waals surface area (Å²) in [5, 5.41) is -0.325. The van der Waals surface area contributed by atoms with E-state index in [2.05, 4.69) is 0 Å². The summed E-state index contributed by atoms with van der Waals surface area (Å²) in [6.45, 7) is 4.10. The highest BCUT2D eigenvalue weighted by Crippen LogP contribution is 2.29. The van der Waals surface area contributed by atoms with E-state index >= 15 is 0 Å². The maximum absolute atomic E-state index is 12.6. The van der Waals surface area contributed by atoms with E-state index in [1.54, 1.807) is 11.9 Å². The van der Waals surface area contributed by atoms with Gasteiger partial charge in [-0.15, -0.1) is 0 Å². The average Bonchev–Trinajstić information content (AvgIpc) is 3.02. The first-order chi connectivity index (χ1) is 10.8. The van der Waals surface area contributed by atoms with Crippen LogP contribution < -0.4 is 0 Å². The van der Waals surface area contributed by atoms with Crippen molar-refractivity contribution in [2.45, 2.75) is 50.8 Å². The van der Waals surface area contributed by atoms with E-state index in [1.807, 2.05) is 44.2 Å². The van der Waals surface area contributed by atoms with E-state index < -0.39 is 9.84 Å². The molecule has 1 aromatic carbocycles. The molecule has 2 rings (SSSR count). The number of hydrogen-bond donors (Lipinski definition) is 0. The summed E-state index contributed by atoms with van der Waals surface area (Å²) in [6, 6.07) is 9.69. The second-order valence-electron chi connectivity index (χ2n) is 6.82. The normalized spacial score (nSPS) is 17.4. The number of sulfone groups is 1. The van der Waals surface area contributed by atoms with Gasteiger partial charge in [0.2, 0.25) is 5.91 Å². The minimum atomic E-state index is -3.34. The van der Waals surface area contributed by atoms with Crippen molar-refractivity contribution in [2.75, 3.05) is 12.8 Å². The summed E-state index contributed by atoms with van der Waals surface area (Å²) in [7, 11) is -1.62. The summed E-state index contributed by atoms with van der Waals surface area (Å²) in [5.74, 6) is -0.468. The number of amides is 1. The molecule has 0 bridgehead atoms. The van der Waals surface area contributed by atoms with Crippen molar-refractivity contribution in [3.63, 3.8) is 0 Å². The lowest BCUT2D eigenvalue weighted by molar-refractivity contribution is -0.130. The van der Waals surface area contributed by atoms with E-state index in [0.29, 0.717) is 12.8 Å². The molecule has 1 aromatic rings. The largest absolute Gasteiger partial charge is 0.338 e. The van der Waals surface area contributed by atoms with Crippen LogP contribution in [0.3, 0.4) is 0 Å². The van der Waals surface area contributed by atoms with Gasteiger partial charge in [-0.25, -0.2) is 8.42 Å². The van der Waals surface area contributed by atoms with Crippen molar-refractivity contribution in [3.8, 4) is 0 Å². The molecule has 0 saturated heterocycles. The third-order valence-electron chi connectivity index (χ3n) is 4.72. The van der Waals surface area contributed by atoms with Crippen molar-refractivity contribution in [1.29, 1.82) is 0 Å². The van der Waals surface area contributed by atoms with E-state index in [-0.39, 0.29) is 28.9 Å². The molecule has 0 heterocycles. The van der Waals surface area contributed by atoms with Crippen molar-refractivity contribution in [2.24, 2.45) is 5.92 Å². The fraction of sp³-hybridized carbons (Fsp3) is 0.611. The first-order valence-electron chi connectivity index (χ1n) is 8.35. The van der Waals surface area contributed by atoms with Crippen LogP contribution in [0.5, 0.6) is 0 Å². The second-order valence-corrected chi connectivity index (χ2v) is 9.10. The number of rotatable bonds is 6. The van der Waals surface area contributed by atoms with E-state index in [4.69, 9.17) is 0 Å². The lowest BCUT2D eigenvalue weighted by Gasteiger charge is -2.32. The van der Waals surface area contributed by atoms with Crippen molar-refractivity contribution < 1.29 is 13.2 Å². The lowest BCUT2D eigenvalue weighted by atomic mass is 9.95. The molecular weight excluding hydrogens is 310 g/mol. The summed E-state index contributed by atoms with van der Waals surface area (Å²) < 4.78 is 24.9. The molecule has 0 N–H and O–H groups in total. The molecule has 1 saturated carbocycles. The smallest absolute Gasteiger partial charge is 0.238 e. The Balaban J connectivity index is 2.13. The molecule has 0 aromatic heterocycles. The van der Waals surface area contributed by atoms with Crippen LogP contribution >= 0.6 is 0 Å². The summed E-state index contributed by atoms with van der Waals surface area (Å²) in [5.41, 5.74) is 1.04. The Hall–Kier alpha value is -1.36. The van der Waals surface area contributed by atoms with Gasteiger partial charge in [-0.1, -0.05) is 57.0 Å². The van der Waals surface area contributed by atoms with Crippen molar-refractivity contribution in [1.82, 2.24) is 4.90 Å². The van der Waals surface area contributed by atoms with E-state index in [9.17, 15) is 13.2 Å². The molecule has 1 aliphatic rings. The van der Waals surface area contributed by atoms with Gasteiger partial charge in [0.1, 0.15) is 5.75 Å². The van der Waals surface area contributed by atoms with Gasteiger partial charge in [0.15, 0.2) is 9.84 Å². The summed E-state index contributed by atoms with van der Waals surface area (Å²) in [6.07, 6.45) is 3.30. The molecule has 1 atom stereocenters. The number of hydrogen-bond acceptors (Lipinski definition) is 3. The third-order valence-corrected chi connectivity index (χ3v) is 6.85. The predicted octanol–water partition coefficient (Wildman–Crippen LogP) is 3.20. The van der Waals surface area contributed by atoms with Crippen LogP contribution in [-0.4, -0.2) is 37.3 Å². The fourth-order valence-electron chi connectivity index (χ4n) is 3.50. The Morgan fingerprint density at radius 1 is 1.17 bits per heavy atom. The zero-order valence-corrected chi connectivity index (χ0v) is 15.1. The average molecular weight is 337 g/mol. The Labute approximate surface area is 139 Å². The van der Waals surface area contributed by atoms with Gasteiger partial charge >= 0.3 is 0 Å². The second kappa shape index (κ2) is 7.47. The maximum atomic E-state index is 12.6. The van der Waals surface area contributed by atoms with Crippen LogP contribution in [0, 0.1) is 5.92 Å². The maximum Gasteiger partial charge on any atom is 0.238 e. The lowest BCUT2D eigenvalue weighted by Crippen LogP contribution is -2.39. The van der Waals surface area contributed by atoms with Gasteiger partial charge in [-0.2, -0.15) is 0 Å². The highest BCUT2D eigenvalue weighted by molar-refractivity contribution is 7.92. The number of carbonyl (C=O) groups excluding carboxylic acids is 1. The van der Waals surface area contributed by atoms with Gasteiger partial charge in [0.05, 0.1) is 11.3 Å². The number of carbonyl (C=O) groups is 1. The predicted molar refractivity (Wildman–Crippen MR) is 92.8 cm³/mol. The molecule has 4 nitrogen and oxygen atoms in total. The third kappa shape index (κ3) is 4.34. The molecule has 0 radical (unpaired) electrons. The van der Waals surface area contributed by atoms with Gasteiger partial charge in [0, 0.05) is 7.05 Å². The molecule has 1 aliphatic carbocycles. The van der Waals surface area contributed by atoms with Gasteiger partial charge in [-0.3, -0.25) is 4.79 Å². The fourth-order valence-corrected chi connectivity index (χ4v) is 5.34. The molecule has 0 spiro atoms. The number of benzene rings is 1. The van der Waals surface area contributed by atoms with Crippen LogP contribution in [0.4, 0.5) is 0 Å². The van der Waals surface area contributed by atoms with Crippen molar-refractivity contribution >= 4 is 15.7 Å². The zero-order valence-electron chi connectivity index (χ0n) is 14.2. The SMILES string of the molecule is CC(C)[C@@H](c1ccccc1)N(C)C(=O)CS(=O)(=O)C1CCCC1. The Kier molecular flexibility index (Phi) is 5.84. The van der Waals surface area contributed by atoms with Gasteiger partial charge in [0.25, 0.3) is 0 Å². The topological polar surface area (TPSA) is 54.5 Å². The van der Waals surface area contributed by atoms with Crippen LogP contribution in [0.25, 0.3) is 0 Å². The van der Waals surface area contributed by atoms with E-state index in [0.717, 1.165) is 18.4 Å². The zero-order chi connectivity index (χ0) is 17.0.